The molecule has 18 heavy (non-hydrogen) atoms. The maximum absolute atomic E-state index is 13.0. The molecular weight excluding hydrogens is 238 g/mol. The number of aliphatic hydroxyl groups is 1. The second-order valence-electron chi connectivity index (χ2n) is 3.89. The lowest BCUT2D eigenvalue weighted by molar-refractivity contribution is 0.195. The highest BCUT2D eigenvalue weighted by molar-refractivity contribution is 5.39. The molecule has 2 rings (SSSR count). The van der Waals surface area contributed by atoms with E-state index in [1.54, 1.807) is 31.2 Å². The zero-order valence-corrected chi connectivity index (χ0v) is 9.73. The Morgan fingerprint density at radius 1 is 1.06 bits per heavy atom. The second-order valence-corrected chi connectivity index (χ2v) is 3.89. The molecule has 0 spiro atoms. The zero-order chi connectivity index (χ0) is 13.1. The first-order chi connectivity index (χ1) is 8.58. The Bertz CT molecular complexity index is 553. The van der Waals surface area contributed by atoms with Gasteiger partial charge in [-0.2, -0.15) is 0 Å². The van der Waals surface area contributed by atoms with Crippen LogP contribution in [0, 0.1) is 11.6 Å². The molecule has 0 aliphatic carbocycles. The highest BCUT2D eigenvalue weighted by Crippen LogP contribution is 2.29. The number of aliphatic hydroxyl groups excluding tert-OH is 1. The highest BCUT2D eigenvalue weighted by Gasteiger charge is 2.10. The number of ether oxygens (including phenoxy) is 1. The number of hydrogen-bond acceptors (Lipinski definition) is 2. The Morgan fingerprint density at radius 2 is 1.78 bits per heavy atom. The Hall–Kier alpha value is -1.94. The lowest BCUT2D eigenvalue weighted by atomic mass is 10.1. The first kappa shape index (κ1) is 12.5. The number of hydrogen-bond donors (Lipinski definition) is 1. The number of benzene rings is 2. The first-order valence-corrected chi connectivity index (χ1v) is 5.48. The van der Waals surface area contributed by atoms with E-state index >= 15 is 0 Å². The van der Waals surface area contributed by atoms with E-state index in [0.29, 0.717) is 11.3 Å². The van der Waals surface area contributed by atoms with Crippen LogP contribution in [0.5, 0.6) is 11.5 Å². The minimum absolute atomic E-state index is 0.182. The van der Waals surface area contributed by atoms with Crippen LogP contribution in [0.25, 0.3) is 0 Å². The monoisotopic (exact) mass is 250 g/mol. The Kier molecular flexibility index (Phi) is 3.58. The molecule has 4 heteroatoms. The van der Waals surface area contributed by atoms with Crippen molar-refractivity contribution in [3.05, 3.63) is 59.7 Å². The molecule has 0 aromatic heterocycles. The van der Waals surface area contributed by atoms with E-state index in [2.05, 4.69) is 0 Å². The maximum atomic E-state index is 13.0. The van der Waals surface area contributed by atoms with Gasteiger partial charge in [-0.15, -0.1) is 0 Å². The van der Waals surface area contributed by atoms with Crippen molar-refractivity contribution in [2.75, 3.05) is 0 Å². The van der Waals surface area contributed by atoms with Gasteiger partial charge in [-0.25, -0.2) is 8.78 Å². The average Bonchev–Trinajstić information content (AvgIpc) is 2.34. The Labute approximate surface area is 103 Å². The number of rotatable bonds is 3. The van der Waals surface area contributed by atoms with Crippen LogP contribution in [0.1, 0.15) is 18.6 Å². The van der Waals surface area contributed by atoms with Crippen molar-refractivity contribution in [3.8, 4) is 11.5 Å². The summed E-state index contributed by atoms with van der Waals surface area (Å²) in [6.45, 7) is 1.60. The molecule has 0 unspecified atom stereocenters. The van der Waals surface area contributed by atoms with Gasteiger partial charge in [0.2, 0.25) is 0 Å². The van der Waals surface area contributed by atoms with Crippen LogP contribution in [0.3, 0.4) is 0 Å². The minimum Gasteiger partial charge on any atom is -0.457 e. The largest absolute Gasteiger partial charge is 0.457 e. The molecule has 0 fully saturated rings. The maximum Gasteiger partial charge on any atom is 0.162 e. The van der Waals surface area contributed by atoms with E-state index in [1.807, 2.05) is 0 Å². The van der Waals surface area contributed by atoms with Crippen molar-refractivity contribution in [2.45, 2.75) is 13.0 Å². The fourth-order valence-corrected chi connectivity index (χ4v) is 1.59. The van der Waals surface area contributed by atoms with Gasteiger partial charge in [0.25, 0.3) is 0 Å². The van der Waals surface area contributed by atoms with Crippen LogP contribution in [0.2, 0.25) is 0 Å². The predicted molar refractivity (Wildman–Crippen MR) is 63.5 cm³/mol. The summed E-state index contributed by atoms with van der Waals surface area (Å²) in [5.41, 5.74) is 0.585. The van der Waals surface area contributed by atoms with Crippen LogP contribution in [0.15, 0.2) is 42.5 Å². The molecular formula is C14H12F2O2. The summed E-state index contributed by atoms with van der Waals surface area (Å²) in [6, 6.07) is 10.2. The Morgan fingerprint density at radius 3 is 2.44 bits per heavy atom. The molecule has 0 aliphatic heterocycles. The molecule has 2 nitrogen and oxygen atoms in total. The van der Waals surface area contributed by atoms with Gasteiger partial charge in [-0.3, -0.25) is 0 Å². The summed E-state index contributed by atoms with van der Waals surface area (Å²) < 4.78 is 31.3. The van der Waals surface area contributed by atoms with Crippen LogP contribution in [0.4, 0.5) is 8.78 Å². The second kappa shape index (κ2) is 5.14. The molecule has 0 bridgehead atoms. The molecule has 0 saturated carbocycles. The smallest absolute Gasteiger partial charge is 0.162 e. The summed E-state index contributed by atoms with van der Waals surface area (Å²) in [4.78, 5) is 0. The van der Waals surface area contributed by atoms with Crippen molar-refractivity contribution in [1.82, 2.24) is 0 Å². The van der Waals surface area contributed by atoms with Crippen molar-refractivity contribution < 1.29 is 18.6 Å². The summed E-state index contributed by atoms with van der Waals surface area (Å²) in [5, 5.41) is 9.57. The van der Waals surface area contributed by atoms with Gasteiger partial charge in [-0.1, -0.05) is 18.2 Å². The molecule has 0 radical (unpaired) electrons. The fraction of sp³-hybridized carbons (Fsp3) is 0.143. The molecule has 94 valence electrons. The van der Waals surface area contributed by atoms with Gasteiger partial charge in [0.05, 0.1) is 6.10 Å². The SMILES string of the molecule is C[C@H](O)c1ccccc1Oc1ccc(F)c(F)c1. The molecule has 2 aromatic carbocycles. The van der Waals surface area contributed by atoms with E-state index < -0.39 is 17.7 Å². The summed E-state index contributed by atoms with van der Waals surface area (Å²) in [5.74, 6) is -1.30. The third-order valence-electron chi connectivity index (χ3n) is 2.49. The van der Waals surface area contributed by atoms with Gasteiger partial charge in [0.15, 0.2) is 11.6 Å². The van der Waals surface area contributed by atoms with E-state index in [1.165, 1.54) is 6.07 Å². The molecule has 0 saturated heterocycles. The van der Waals surface area contributed by atoms with Gasteiger partial charge in [0, 0.05) is 11.6 Å². The molecule has 0 amide bonds. The van der Waals surface area contributed by atoms with Crippen molar-refractivity contribution in [2.24, 2.45) is 0 Å². The van der Waals surface area contributed by atoms with Crippen molar-refractivity contribution >= 4 is 0 Å². The predicted octanol–water partition coefficient (Wildman–Crippen LogP) is 3.81. The standard InChI is InChI=1S/C14H12F2O2/c1-9(17)11-4-2-3-5-14(11)18-10-6-7-12(15)13(16)8-10/h2-9,17H,1H3/t9-/m0/s1. The fourth-order valence-electron chi connectivity index (χ4n) is 1.59. The van der Waals surface area contributed by atoms with Crippen LogP contribution >= 0.6 is 0 Å². The van der Waals surface area contributed by atoms with Gasteiger partial charge in [0.1, 0.15) is 11.5 Å². The topological polar surface area (TPSA) is 29.5 Å². The molecule has 1 atom stereocenters. The molecule has 1 N–H and O–H groups in total. The normalized spacial score (nSPS) is 12.2. The lowest BCUT2D eigenvalue weighted by Gasteiger charge is -2.12. The van der Waals surface area contributed by atoms with Crippen molar-refractivity contribution in [1.29, 1.82) is 0 Å². The Balaban J connectivity index is 2.31. The zero-order valence-electron chi connectivity index (χ0n) is 9.73. The molecule has 2 aromatic rings. The number of halogens is 2. The quantitative estimate of drug-likeness (QED) is 0.897. The van der Waals surface area contributed by atoms with E-state index in [-0.39, 0.29) is 5.75 Å². The lowest BCUT2D eigenvalue weighted by Crippen LogP contribution is -1.96. The third-order valence-corrected chi connectivity index (χ3v) is 2.49. The van der Waals surface area contributed by atoms with E-state index in [0.717, 1.165) is 12.1 Å². The third kappa shape index (κ3) is 2.65. The highest BCUT2D eigenvalue weighted by atomic mass is 19.2. The van der Waals surface area contributed by atoms with Crippen molar-refractivity contribution in [3.63, 3.8) is 0 Å². The van der Waals surface area contributed by atoms with Gasteiger partial charge < -0.3 is 9.84 Å². The summed E-state index contributed by atoms with van der Waals surface area (Å²) in [7, 11) is 0. The molecule has 0 heterocycles. The van der Waals surface area contributed by atoms with Crippen LogP contribution < -0.4 is 4.74 Å². The van der Waals surface area contributed by atoms with Gasteiger partial charge in [-0.05, 0) is 25.1 Å². The van der Waals surface area contributed by atoms with Crippen LogP contribution in [-0.4, -0.2) is 5.11 Å². The van der Waals surface area contributed by atoms with E-state index in [4.69, 9.17) is 4.74 Å². The first-order valence-electron chi connectivity index (χ1n) is 5.48. The van der Waals surface area contributed by atoms with Crippen LogP contribution in [-0.2, 0) is 0 Å². The average molecular weight is 250 g/mol. The molecule has 0 aliphatic rings. The van der Waals surface area contributed by atoms with E-state index in [9.17, 15) is 13.9 Å². The summed E-state index contributed by atoms with van der Waals surface area (Å²) >= 11 is 0. The number of para-hydroxylation sites is 1. The summed E-state index contributed by atoms with van der Waals surface area (Å²) in [6.07, 6.45) is -0.702. The van der Waals surface area contributed by atoms with Gasteiger partial charge >= 0.3 is 0 Å². The minimum atomic E-state index is -0.970.